The lowest BCUT2D eigenvalue weighted by Gasteiger charge is -2.29. The summed E-state index contributed by atoms with van der Waals surface area (Å²) in [4.78, 5) is 1.29. The number of hydrogen-bond donors (Lipinski definition) is 0. The standard InChI is InChI=1S/C25H28O2S/c1-4-25(2,21-13-15-24(28-3)16-14-21)19-26-18-20-9-8-12-23(17-20)27-22-10-6-5-7-11-22/h5-17H,4,18-19H2,1-3H3. The molecule has 28 heavy (non-hydrogen) atoms. The summed E-state index contributed by atoms with van der Waals surface area (Å²) in [6.45, 7) is 5.76. The van der Waals surface area contributed by atoms with Crippen molar-refractivity contribution in [1.82, 2.24) is 0 Å². The Bertz CT molecular complexity index is 861. The summed E-state index contributed by atoms with van der Waals surface area (Å²) in [5.74, 6) is 1.67. The van der Waals surface area contributed by atoms with Crippen LogP contribution in [0.15, 0.2) is 83.8 Å². The highest BCUT2D eigenvalue weighted by Gasteiger charge is 2.25. The van der Waals surface area contributed by atoms with Crippen molar-refractivity contribution in [3.63, 3.8) is 0 Å². The molecule has 2 nitrogen and oxygen atoms in total. The summed E-state index contributed by atoms with van der Waals surface area (Å²) in [6.07, 6.45) is 3.13. The first kappa shape index (κ1) is 20.5. The molecule has 0 fully saturated rings. The quantitative estimate of drug-likeness (QED) is 0.362. The van der Waals surface area contributed by atoms with Crippen LogP contribution in [0.5, 0.6) is 11.5 Å². The molecule has 0 aromatic heterocycles. The molecule has 3 aromatic carbocycles. The van der Waals surface area contributed by atoms with Crippen molar-refractivity contribution in [2.75, 3.05) is 12.9 Å². The van der Waals surface area contributed by atoms with Gasteiger partial charge in [0.2, 0.25) is 0 Å². The van der Waals surface area contributed by atoms with Crippen LogP contribution in [-0.2, 0) is 16.8 Å². The van der Waals surface area contributed by atoms with Crippen LogP contribution in [0.1, 0.15) is 31.4 Å². The average Bonchev–Trinajstić information content (AvgIpc) is 2.75. The predicted octanol–water partition coefficient (Wildman–Crippen LogP) is 7.09. The second-order valence-corrected chi connectivity index (χ2v) is 8.08. The molecular formula is C25H28O2S. The smallest absolute Gasteiger partial charge is 0.127 e. The Morgan fingerprint density at radius 2 is 1.57 bits per heavy atom. The van der Waals surface area contributed by atoms with Crippen LogP contribution < -0.4 is 4.74 Å². The summed E-state index contributed by atoms with van der Waals surface area (Å²) < 4.78 is 12.1. The van der Waals surface area contributed by atoms with E-state index in [4.69, 9.17) is 9.47 Å². The zero-order chi connectivity index (χ0) is 19.8. The van der Waals surface area contributed by atoms with Crippen molar-refractivity contribution in [3.05, 3.63) is 90.0 Å². The Morgan fingerprint density at radius 1 is 0.857 bits per heavy atom. The highest BCUT2D eigenvalue weighted by molar-refractivity contribution is 7.98. The molecule has 0 radical (unpaired) electrons. The highest BCUT2D eigenvalue weighted by Crippen LogP contribution is 2.30. The largest absolute Gasteiger partial charge is 0.457 e. The molecule has 0 N–H and O–H groups in total. The van der Waals surface area contributed by atoms with Gasteiger partial charge < -0.3 is 9.47 Å². The molecule has 0 bridgehead atoms. The zero-order valence-electron chi connectivity index (χ0n) is 16.9. The third-order valence-electron chi connectivity index (χ3n) is 5.13. The Hall–Kier alpha value is -2.23. The second-order valence-electron chi connectivity index (χ2n) is 7.20. The Balaban J connectivity index is 1.60. The van der Waals surface area contributed by atoms with E-state index in [1.807, 2.05) is 48.5 Å². The van der Waals surface area contributed by atoms with Crippen LogP contribution in [0.2, 0.25) is 0 Å². The van der Waals surface area contributed by atoms with Gasteiger partial charge in [0, 0.05) is 10.3 Å². The maximum absolute atomic E-state index is 6.13. The molecule has 3 heteroatoms. The van der Waals surface area contributed by atoms with E-state index in [0.717, 1.165) is 23.5 Å². The zero-order valence-corrected chi connectivity index (χ0v) is 17.7. The van der Waals surface area contributed by atoms with Gasteiger partial charge in [0.1, 0.15) is 11.5 Å². The van der Waals surface area contributed by atoms with Gasteiger partial charge in [0.05, 0.1) is 13.2 Å². The first-order valence-electron chi connectivity index (χ1n) is 9.67. The summed E-state index contributed by atoms with van der Waals surface area (Å²) in [7, 11) is 0. The van der Waals surface area contributed by atoms with Crippen LogP contribution in [0, 0.1) is 0 Å². The summed E-state index contributed by atoms with van der Waals surface area (Å²) in [5.41, 5.74) is 2.45. The lowest BCUT2D eigenvalue weighted by Crippen LogP contribution is -2.27. The first-order valence-corrected chi connectivity index (χ1v) is 10.9. The number of ether oxygens (including phenoxy) is 2. The minimum Gasteiger partial charge on any atom is -0.457 e. The fraction of sp³-hybridized carbons (Fsp3) is 0.280. The van der Waals surface area contributed by atoms with E-state index in [0.29, 0.717) is 13.2 Å². The molecule has 0 saturated heterocycles. The van der Waals surface area contributed by atoms with Gasteiger partial charge in [0.25, 0.3) is 0 Å². The van der Waals surface area contributed by atoms with Gasteiger partial charge in [-0.25, -0.2) is 0 Å². The van der Waals surface area contributed by atoms with E-state index in [1.165, 1.54) is 10.5 Å². The molecule has 1 unspecified atom stereocenters. The number of hydrogen-bond acceptors (Lipinski definition) is 3. The Kier molecular flexibility index (Phi) is 7.18. The van der Waals surface area contributed by atoms with Gasteiger partial charge in [-0.3, -0.25) is 0 Å². The fourth-order valence-electron chi connectivity index (χ4n) is 3.10. The molecule has 0 aliphatic carbocycles. The van der Waals surface area contributed by atoms with Crippen LogP contribution in [0.3, 0.4) is 0 Å². The highest BCUT2D eigenvalue weighted by atomic mass is 32.2. The van der Waals surface area contributed by atoms with Crippen LogP contribution >= 0.6 is 11.8 Å². The van der Waals surface area contributed by atoms with Crippen molar-refractivity contribution in [1.29, 1.82) is 0 Å². The average molecular weight is 393 g/mol. The third kappa shape index (κ3) is 5.40. The van der Waals surface area contributed by atoms with Gasteiger partial charge in [-0.15, -0.1) is 11.8 Å². The maximum Gasteiger partial charge on any atom is 0.127 e. The Morgan fingerprint density at radius 3 is 2.25 bits per heavy atom. The SMILES string of the molecule is CCC(C)(COCc1cccc(Oc2ccccc2)c1)c1ccc(SC)cc1. The topological polar surface area (TPSA) is 18.5 Å². The molecule has 0 amide bonds. The summed E-state index contributed by atoms with van der Waals surface area (Å²) >= 11 is 1.77. The van der Waals surface area contributed by atoms with E-state index in [1.54, 1.807) is 11.8 Å². The second kappa shape index (κ2) is 9.81. The monoisotopic (exact) mass is 392 g/mol. The van der Waals surface area contributed by atoms with E-state index in [9.17, 15) is 0 Å². The maximum atomic E-state index is 6.13. The lowest BCUT2D eigenvalue weighted by molar-refractivity contribution is 0.0747. The number of rotatable bonds is 9. The van der Waals surface area contributed by atoms with Crippen molar-refractivity contribution < 1.29 is 9.47 Å². The predicted molar refractivity (Wildman–Crippen MR) is 118 cm³/mol. The molecule has 146 valence electrons. The van der Waals surface area contributed by atoms with E-state index >= 15 is 0 Å². The summed E-state index contributed by atoms with van der Waals surface area (Å²) in [5, 5.41) is 0. The first-order chi connectivity index (χ1) is 13.6. The normalized spacial score (nSPS) is 13.1. The van der Waals surface area contributed by atoms with Gasteiger partial charge >= 0.3 is 0 Å². The molecule has 0 aliphatic heterocycles. The molecule has 0 aliphatic rings. The van der Waals surface area contributed by atoms with Gasteiger partial charge in [0.15, 0.2) is 0 Å². The fourth-order valence-corrected chi connectivity index (χ4v) is 3.51. The van der Waals surface area contributed by atoms with Gasteiger partial charge in [-0.1, -0.05) is 56.3 Å². The molecule has 0 saturated carbocycles. The van der Waals surface area contributed by atoms with Gasteiger partial charge in [-0.05, 0) is 60.2 Å². The van der Waals surface area contributed by atoms with E-state index < -0.39 is 0 Å². The Labute approximate surface area is 172 Å². The van der Waals surface area contributed by atoms with Crippen molar-refractivity contribution in [2.45, 2.75) is 37.2 Å². The number of benzene rings is 3. The van der Waals surface area contributed by atoms with Gasteiger partial charge in [-0.2, -0.15) is 0 Å². The summed E-state index contributed by atoms with van der Waals surface area (Å²) in [6, 6.07) is 26.8. The number of thioether (sulfide) groups is 1. The molecule has 3 aromatic rings. The van der Waals surface area contributed by atoms with Crippen molar-refractivity contribution >= 4 is 11.8 Å². The lowest BCUT2D eigenvalue weighted by atomic mass is 9.81. The van der Waals surface area contributed by atoms with Crippen molar-refractivity contribution in [2.24, 2.45) is 0 Å². The number of para-hydroxylation sites is 1. The van der Waals surface area contributed by atoms with E-state index in [2.05, 4.69) is 50.4 Å². The minimum atomic E-state index is 0.00901. The van der Waals surface area contributed by atoms with Crippen molar-refractivity contribution in [3.8, 4) is 11.5 Å². The molecular weight excluding hydrogens is 364 g/mol. The van der Waals surface area contributed by atoms with E-state index in [-0.39, 0.29) is 5.41 Å². The van der Waals surface area contributed by atoms with Crippen LogP contribution in [-0.4, -0.2) is 12.9 Å². The third-order valence-corrected chi connectivity index (χ3v) is 5.88. The molecule has 1 atom stereocenters. The molecule has 0 heterocycles. The molecule has 0 spiro atoms. The minimum absolute atomic E-state index is 0.00901. The molecule has 3 rings (SSSR count). The van der Waals surface area contributed by atoms with Crippen LogP contribution in [0.25, 0.3) is 0 Å². The van der Waals surface area contributed by atoms with Crippen LogP contribution in [0.4, 0.5) is 0 Å².